The van der Waals surface area contributed by atoms with Crippen molar-refractivity contribution < 1.29 is 18.4 Å². The van der Waals surface area contributed by atoms with Crippen molar-refractivity contribution in [2.24, 2.45) is 0 Å². The standard InChI is InChI=1S/C25H18N2O5S/c1-15(24(29)27-25-26-18(14-33-25)16-8-3-2-4-9-16)31-23-21(28)17-10-5-6-11-19(17)32-22(23)20-12-7-13-30-20/h2-15H,1H3,(H,26,27,29). The number of nitrogens with one attached hydrogen (secondary N) is 1. The van der Waals surface area contributed by atoms with E-state index >= 15 is 0 Å². The van der Waals surface area contributed by atoms with Gasteiger partial charge in [0.15, 0.2) is 17.0 Å². The van der Waals surface area contributed by atoms with E-state index in [-0.39, 0.29) is 16.9 Å². The van der Waals surface area contributed by atoms with Crippen LogP contribution in [0.3, 0.4) is 0 Å². The van der Waals surface area contributed by atoms with E-state index in [0.29, 0.717) is 21.9 Å². The molecule has 0 radical (unpaired) electrons. The van der Waals surface area contributed by atoms with Gasteiger partial charge in [0, 0.05) is 10.9 Å². The summed E-state index contributed by atoms with van der Waals surface area (Å²) in [5, 5.41) is 5.40. The molecule has 0 spiro atoms. The molecule has 5 aromatic rings. The Morgan fingerprint density at radius 1 is 1.06 bits per heavy atom. The molecule has 0 aliphatic heterocycles. The van der Waals surface area contributed by atoms with Crippen LogP contribution < -0.4 is 15.5 Å². The molecule has 164 valence electrons. The summed E-state index contributed by atoms with van der Waals surface area (Å²) in [5.41, 5.74) is 1.73. The number of hydrogen-bond donors (Lipinski definition) is 1. The molecule has 0 bridgehead atoms. The Hall–Kier alpha value is -4.17. The Kier molecular flexibility index (Phi) is 5.50. The van der Waals surface area contributed by atoms with Crippen LogP contribution in [-0.2, 0) is 4.79 Å². The fourth-order valence-corrected chi connectivity index (χ4v) is 4.03. The highest BCUT2D eigenvalue weighted by Gasteiger charge is 2.24. The number of ether oxygens (including phenoxy) is 1. The summed E-state index contributed by atoms with van der Waals surface area (Å²) in [7, 11) is 0. The molecule has 1 atom stereocenters. The summed E-state index contributed by atoms with van der Waals surface area (Å²) in [6, 6.07) is 19.8. The average Bonchev–Trinajstić information content (AvgIpc) is 3.54. The first kappa shape index (κ1) is 20.7. The first-order valence-electron chi connectivity index (χ1n) is 10.2. The third-order valence-corrected chi connectivity index (χ3v) is 5.73. The average molecular weight is 458 g/mol. The van der Waals surface area contributed by atoms with E-state index in [0.717, 1.165) is 11.3 Å². The van der Waals surface area contributed by atoms with Gasteiger partial charge in [-0.3, -0.25) is 14.9 Å². The van der Waals surface area contributed by atoms with Crippen LogP contribution in [0.1, 0.15) is 6.92 Å². The minimum absolute atomic E-state index is 0.0876. The molecule has 1 amide bonds. The molecule has 0 fully saturated rings. The van der Waals surface area contributed by atoms with Crippen molar-refractivity contribution in [2.75, 3.05) is 5.32 Å². The predicted molar refractivity (Wildman–Crippen MR) is 126 cm³/mol. The highest BCUT2D eigenvalue weighted by atomic mass is 32.1. The van der Waals surface area contributed by atoms with Crippen LogP contribution >= 0.6 is 11.3 Å². The van der Waals surface area contributed by atoms with Crippen LogP contribution in [-0.4, -0.2) is 17.0 Å². The molecule has 5 rings (SSSR count). The van der Waals surface area contributed by atoms with Crippen LogP contribution in [0.5, 0.6) is 5.75 Å². The molecule has 0 aliphatic rings. The predicted octanol–water partition coefficient (Wildman–Crippen LogP) is 5.58. The lowest BCUT2D eigenvalue weighted by Crippen LogP contribution is -2.31. The summed E-state index contributed by atoms with van der Waals surface area (Å²) in [5.74, 6) is -0.0748. The van der Waals surface area contributed by atoms with Crippen LogP contribution in [0.25, 0.3) is 33.7 Å². The minimum atomic E-state index is -0.994. The van der Waals surface area contributed by atoms with Crippen molar-refractivity contribution in [3.63, 3.8) is 0 Å². The lowest BCUT2D eigenvalue weighted by Gasteiger charge is -2.15. The number of thiazole rings is 1. The van der Waals surface area contributed by atoms with Gasteiger partial charge < -0.3 is 13.6 Å². The second-order valence-electron chi connectivity index (χ2n) is 7.22. The van der Waals surface area contributed by atoms with Gasteiger partial charge >= 0.3 is 0 Å². The number of hydrogen-bond acceptors (Lipinski definition) is 7. The fourth-order valence-electron chi connectivity index (χ4n) is 3.31. The third kappa shape index (κ3) is 4.16. The minimum Gasteiger partial charge on any atom is -0.473 e. The molecule has 3 aromatic heterocycles. The van der Waals surface area contributed by atoms with Gasteiger partial charge in [0.1, 0.15) is 5.58 Å². The maximum absolute atomic E-state index is 13.2. The maximum atomic E-state index is 13.2. The number of nitrogens with zero attached hydrogens (tertiary/aromatic N) is 1. The summed E-state index contributed by atoms with van der Waals surface area (Å²) in [4.78, 5) is 30.4. The molecule has 3 heterocycles. The molecule has 2 aromatic carbocycles. The zero-order chi connectivity index (χ0) is 22.8. The number of anilines is 1. The van der Waals surface area contributed by atoms with E-state index in [1.807, 2.05) is 35.7 Å². The second-order valence-corrected chi connectivity index (χ2v) is 8.07. The van der Waals surface area contributed by atoms with Crippen molar-refractivity contribution >= 4 is 33.3 Å². The quantitative estimate of drug-likeness (QED) is 0.357. The lowest BCUT2D eigenvalue weighted by molar-refractivity contribution is -0.122. The topological polar surface area (TPSA) is 94.6 Å². The Balaban J connectivity index is 1.41. The first-order chi connectivity index (χ1) is 16.1. The van der Waals surface area contributed by atoms with Crippen molar-refractivity contribution in [1.29, 1.82) is 0 Å². The third-order valence-electron chi connectivity index (χ3n) is 4.97. The van der Waals surface area contributed by atoms with E-state index in [1.165, 1.54) is 17.6 Å². The highest BCUT2D eigenvalue weighted by molar-refractivity contribution is 7.14. The van der Waals surface area contributed by atoms with Gasteiger partial charge in [-0.05, 0) is 31.2 Å². The van der Waals surface area contributed by atoms with Crippen molar-refractivity contribution in [3.8, 4) is 28.5 Å². The van der Waals surface area contributed by atoms with Gasteiger partial charge in [-0.25, -0.2) is 4.98 Å². The number of furan rings is 1. The smallest absolute Gasteiger partial charge is 0.266 e. The van der Waals surface area contributed by atoms with E-state index in [1.54, 1.807) is 43.3 Å². The zero-order valence-corrected chi connectivity index (χ0v) is 18.3. The first-order valence-corrected chi connectivity index (χ1v) is 11.1. The van der Waals surface area contributed by atoms with E-state index in [9.17, 15) is 9.59 Å². The van der Waals surface area contributed by atoms with Gasteiger partial charge in [0.25, 0.3) is 5.91 Å². The zero-order valence-electron chi connectivity index (χ0n) is 17.5. The Labute approximate surface area is 192 Å². The summed E-state index contributed by atoms with van der Waals surface area (Å²) < 4.78 is 17.2. The Morgan fingerprint density at radius 2 is 1.85 bits per heavy atom. The number of amides is 1. The molecule has 8 heteroatoms. The second kappa shape index (κ2) is 8.76. The van der Waals surface area contributed by atoms with Gasteiger partial charge in [0.05, 0.1) is 17.3 Å². The van der Waals surface area contributed by atoms with Crippen LogP contribution in [0.4, 0.5) is 5.13 Å². The monoisotopic (exact) mass is 458 g/mol. The number of para-hydroxylation sites is 1. The Bertz CT molecular complexity index is 1470. The van der Waals surface area contributed by atoms with Crippen molar-refractivity contribution in [3.05, 3.63) is 88.6 Å². The van der Waals surface area contributed by atoms with E-state index in [2.05, 4.69) is 10.3 Å². The largest absolute Gasteiger partial charge is 0.473 e. The maximum Gasteiger partial charge on any atom is 0.266 e. The molecular weight excluding hydrogens is 440 g/mol. The molecular formula is C25H18N2O5S. The summed E-state index contributed by atoms with van der Waals surface area (Å²) in [6.07, 6.45) is 0.476. The highest BCUT2D eigenvalue weighted by Crippen LogP contribution is 2.32. The molecule has 0 saturated carbocycles. The van der Waals surface area contributed by atoms with Crippen LogP contribution in [0.15, 0.2) is 92.0 Å². The van der Waals surface area contributed by atoms with Crippen molar-refractivity contribution in [1.82, 2.24) is 4.98 Å². The number of benzene rings is 2. The number of fused-ring (bicyclic) bond motifs is 1. The van der Waals surface area contributed by atoms with Gasteiger partial charge in [-0.15, -0.1) is 11.3 Å². The SMILES string of the molecule is CC(Oc1c(-c2ccco2)oc2ccccc2c1=O)C(=O)Nc1nc(-c2ccccc2)cs1. The molecule has 1 N–H and O–H groups in total. The number of carbonyl (C=O) groups excluding carboxylic acids is 1. The molecule has 33 heavy (non-hydrogen) atoms. The van der Waals surface area contributed by atoms with E-state index < -0.39 is 12.0 Å². The van der Waals surface area contributed by atoms with Gasteiger partial charge in [-0.2, -0.15) is 0 Å². The lowest BCUT2D eigenvalue weighted by atomic mass is 10.2. The molecule has 7 nitrogen and oxygen atoms in total. The van der Waals surface area contributed by atoms with Crippen LogP contribution in [0.2, 0.25) is 0 Å². The normalized spacial score (nSPS) is 11.9. The summed E-state index contributed by atoms with van der Waals surface area (Å²) >= 11 is 1.31. The van der Waals surface area contributed by atoms with Crippen LogP contribution in [0, 0.1) is 0 Å². The Morgan fingerprint density at radius 3 is 2.64 bits per heavy atom. The number of carbonyl (C=O) groups is 1. The fraction of sp³-hybridized carbons (Fsp3) is 0.0800. The van der Waals surface area contributed by atoms with Gasteiger partial charge in [-0.1, -0.05) is 42.5 Å². The number of aromatic nitrogens is 1. The van der Waals surface area contributed by atoms with E-state index in [4.69, 9.17) is 13.6 Å². The number of rotatable bonds is 6. The van der Waals surface area contributed by atoms with Gasteiger partial charge in [0.2, 0.25) is 16.9 Å². The summed E-state index contributed by atoms with van der Waals surface area (Å²) in [6.45, 7) is 1.56. The molecule has 1 unspecified atom stereocenters. The molecule has 0 saturated heterocycles. The molecule has 0 aliphatic carbocycles. The van der Waals surface area contributed by atoms with Crippen molar-refractivity contribution in [2.45, 2.75) is 13.0 Å².